The summed E-state index contributed by atoms with van der Waals surface area (Å²) in [5, 5.41) is 329. The molecule has 0 bridgehead atoms. The van der Waals surface area contributed by atoms with E-state index in [9.17, 15) is 167 Å². The monoisotopic (exact) mass is 1970 g/mol. The van der Waals surface area contributed by atoms with Crippen molar-refractivity contribution in [3.8, 4) is 0 Å². The van der Waals surface area contributed by atoms with E-state index in [4.69, 9.17) is 99.5 Å². The standard InChI is InChI=1S/C76H127N5O54/c1-17-38(94)50(106)54(110)71(117-17)115-16-32-61(46(102)33(66(114)119-32)77-19(3)89)129-68-35(79-21(5)91)48(104)60(29(13-87)124-68)131-74-57(113)63(133-76-65(53(109)42(98)26(10-84)123-76)135-70-36(80-22(6)92)47(103)58(28(12-86)125-70)128-67-34(78-20(4)90)45(101)40(96)24(8-82)120-67)44(100)31(127-74)15-116-75-64(52(108)41(97)25(9-83)122-75)134-69-37(81-23(7)93)49(105)59(30(14-88)126-69)130-73-56(112)62(43(99)27(11-85)121-73)132-72-55(111)51(107)39(95)18(2)118-72/h17-18,24-76,82-88,94-114H,8-16H2,1-7H3,(H,77,89)(H,78,90)(H,79,91)(H,80,92)(H,81,93)/t17-,18-,24+,25+,26+,27+,28+,29+,30+,31+,32+,33+,34+,35+,36-,37+,38+,39+,40-,41+,42+,43-,44+,45+,46+,47+,48+,49+,50+,51+,52-,53-,54-,55-,56+,57-,58+,59+,60+,61+,62-,63-,64-,65-,66+,67-,68-,69-,70-,71+,72-,73-,74-,75-,76+/m0/s1. The van der Waals surface area contributed by atoms with Gasteiger partial charge in [0.05, 0.1) is 71.7 Å². The van der Waals surface area contributed by atoms with Crippen LogP contribution in [0.15, 0.2) is 0 Å². The molecule has 0 saturated carbocycles. The zero-order valence-electron chi connectivity index (χ0n) is 73.3. The molecule has 5 amide bonds. The van der Waals surface area contributed by atoms with Crippen molar-refractivity contribution < 1.29 is 266 Å². The van der Waals surface area contributed by atoms with Crippen LogP contribution in [0, 0.1) is 0 Å². The Bertz CT molecular complexity index is 3750. The molecule has 0 unspecified atom stereocenters. The summed E-state index contributed by atoms with van der Waals surface area (Å²) in [5.41, 5.74) is 0. The molecule has 780 valence electrons. The van der Waals surface area contributed by atoms with Gasteiger partial charge in [0.15, 0.2) is 69.2 Å². The number of nitrogens with one attached hydrogen (secondary N) is 5. The van der Waals surface area contributed by atoms with Crippen LogP contribution in [-0.2, 0) is 123 Å². The van der Waals surface area contributed by atoms with Crippen LogP contribution in [0.25, 0.3) is 0 Å². The quantitative estimate of drug-likeness (QED) is 0.0284. The highest BCUT2D eigenvalue weighted by Gasteiger charge is 2.63. The highest BCUT2D eigenvalue weighted by molar-refractivity contribution is 5.75. The third-order valence-corrected chi connectivity index (χ3v) is 24.9. The highest BCUT2D eigenvalue weighted by Crippen LogP contribution is 2.42. The van der Waals surface area contributed by atoms with Crippen molar-refractivity contribution >= 4 is 29.5 Å². The number of aliphatic hydroxyl groups is 28. The van der Waals surface area contributed by atoms with E-state index < -0.39 is 426 Å². The maximum atomic E-state index is 13.4. The van der Waals surface area contributed by atoms with E-state index in [-0.39, 0.29) is 0 Å². The van der Waals surface area contributed by atoms with Crippen molar-refractivity contribution in [2.75, 3.05) is 59.5 Å². The van der Waals surface area contributed by atoms with Crippen molar-refractivity contribution in [2.24, 2.45) is 0 Å². The third kappa shape index (κ3) is 24.7. The lowest BCUT2D eigenvalue weighted by Gasteiger charge is -2.51. The topological polar surface area (TPSA) is 906 Å². The van der Waals surface area contributed by atoms with Crippen LogP contribution in [0.3, 0.4) is 0 Å². The Morgan fingerprint density at radius 3 is 0.859 bits per heavy atom. The number of ether oxygens (including phenoxy) is 21. The number of aliphatic hydroxyl groups excluding tert-OH is 28. The van der Waals surface area contributed by atoms with Gasteiger partial charge in [-0.15, -0.1) is 0 Å². The van der Waals surface area contributed by atoms with Gasteiger partial charge >= 0.3 is 0 Å². The van der Waals surface area contributed by atoms with Gasteiger partial charge in [0.1, 0.15) is 256 Å². The predicted molar refractivity (Wildman–Crippen MR) is 417 cm³/mol. The minimum atomic E-state index is -2.66. The minimum Gasteiger partial charge on any atom is -0.394 e. The molecule has 0 spiro atoms. The normalized spacial score (nSPS) is 49.5. The maximum absolute atomic E-state index is 13.4. The summed E-state index contributed by atoms with van der Waals surface area (Å²) in [6.45, 7) is -2.95. The Hall–Kier alpha value is -4.61. The molecular formula is C76H127N5O54. The molecule has 11 aliphatic heterocycles. The van der Waals surface area contributed by atoms with Gasteiger partial charge < -0.3 is 269 Å². The molecule has 11 aliphatic rings. The summed E-state index contributed by atoms with van der Waals surface area (Å²) >= 11 is 0. The van der Waals surface area contributed by atoms with Gasteiger partial charge in [-0.1, -0.05) is 0 Å². The average Bonchev–Trinajstić information content (AvgIpc) is 0.782. The van der Waals surface area contributed by atoms with Crippen molar-refractivity contribution in [1.82, 2.24) is 26.6 Å². The first-order valence-corrected chi connectivity index (χ1v) is 43.4. The summed E-state index contributed by atoms with van der Waals surface area (Å²) < 4.78 is 126. The second-order valence-electron chi connectivity index (χ2n) is 34.5. The van der Waals surface area contributed by atoms with E-state index in [1.807, 2.05) is 0 Å². The molecule has 0 aromatic carbocycles. The molecule has 11 heterocycles. The van der Waals surface area contributed by atoms with Crippen LogP contribution in [-0.4, -0.2) is 569 Å². The molecule has 59 heteroatoms. The fourth-order valence-electron chi connectivity index (χ4n) is 17.6. The van der Waals surface area contributed by atoms with Gasteiger partial charge in [-0.2, -0.15) is 0 Å². The number of hydrogen-bond acceptors (Lipinski definition) is 54. The zero-order valence-corrected chi connectivity index (χ0v) is 73.3. The largest absolute Gasteiger partial charge is 0.394 e. The molecule has 11 saturated heterocycles. The third-order valence-electron chi connectivity index (χ3n) is 24.9. The number of rotatable bonds is 34. The van der Waals surface area contributed by atoms with Crippen molar-refractivity contribution in [3.63, 3.8) is 0 Å². The molecule has 0 aromatic rings. The van der Waals surface area contributed by atoms with Gasteiger partial charge in [-0.05, 0) is 13.8 Å². The van der Waals surface area contributed by atoms with Gasteiger partial charge in [0.25, 0.3) is 0 Å². The zero-order chi connectivity index (χ0) is 99.4. The Morgan fingerprint density at radius 2 is 0.459 bits per heavy atom. The second kappa shape index (κ2) is 48.2. The van der Waals surface area contributed by atoms with Crippen LogP contribution < -0.4 is 26.6 Å². The summed E-state index contributed by atoms with van der Waals surface area (Å²) in [6, 6.07) is -9.55. The molecule has 59 nitrogen and oxygen atoms in total. The predicted octanol–water partition coefficient (Wildman–Crippen LogP) is -22.2. The highest BCUT2D eigenvalue weighted by atomic mass is 16.8. The van der Waals surface area contributed by atoms with E-state index in [2.05, 4.69) is 26.6 Å². The molecular weight excluding hydrogens is 1850 g/mol. The van der Waals surface area contributed by atoms with Crippen LogP contribution in [0.1, 0.15) is 48.5 Å². The maximum Gasteiger partial charge on any atom is 0.217 e. The molecule has 11 fully saturated rings. The molecule has 0 radical (unpaired) electrons. The lowest BCUT2D eigenvalue weighted by Crippen LogP contribution is -2.71. The first-order chi connectivity index (χ1) is 63.8. The first-order valence-electron chi connectivity index (χ1n) is 43.4. The Kier molecular flexibility index (Phi) is 39.5. The van der Waals surface area contributed by atoms with Crippen LogP contribution >= 0.6 is 0 Å². The second-order valence-corrected chi connectivity index (χ2v) is 34.5. The van der Waals surface area contributed by atoms with E-state index in [1.165, 1.54) is 13.8 Å². The Labute approximate surface area is 765 Å². The summed E-state index contributed by atoms with van der Waals surface area (Å²) in [4.78, 5) is 64.6. The van der Waals surface area contributed by atoms with Gasteiger partial charge in [-0.25, -0.2) is 0 Å². The first kappa shape index (κ1) is 111. The summed E-state index contributed by atoms with van der Waals surface area (Å²) in [7, 11) is 0. The fraction of sp³-hybridized carbons (Fsp3) is 0.934. The fourth-order valence-corrected chi connectivity index (χ4v) is 17.6. The molecule has 55 atom stereocenters. The van der Waals surface area contributed by atoms with Crippen molar-refractivity contribution in [3.05, 3.63) is 0 Å². The molecule has 135 heavy (non-hydrogen) atoms. The molecule has 0 aromatic heterocycles. The number of hydrogen-bond donors (Lipinski definition) is 33. The molecule has 0 aliphatic carbocycles. The smallest absolute Gasteiger partial charge is 0.217 e. The lowest BCUT2D eigenvalue weighted by atomic mass is 9.93. The van der Waals surface area contributed by atoms with Crippen LogP contribution in [0.2, 0.25) is 0 Å². The van der Waals surface area contributed by atoms with Gasteiger partial charge in [-0.3, -0.25) is 24.0 Å². The Balaban J connectivity index is 0.917. The van der Waals surface area contributed by atoms with E-state index >= 15 is 0 Å². The summed E-state index contributed by atoms with van der Waals surface area (Å²) in [6.07, 6.45) is -103. The number of carbonyl (C=O) groups excluding carboxylic acids is 5. The average molecular weight is 1970 g/mol. The van der Waals surface area contributed by atoms with Gasteiger partial charge in [0.2, 0.25) is 29.5 Å². The van der Waals surface area contributed by atoms with E-state index in [1.54, 1.807) is 0 Å². The lowest BCUT2D eigenvalue weighted by molar-refractivity contribution is -0.398. The Morgan fingerprint density at radius 1 is 0.207 bits per heavy atom. The van der Waals surface area contributed by atoms with Gasteiger partial charge in [0, 0.05) is 34.6 Å². The molecule has 33 N–H and O–H groups in total. The van der Waals surface area contributed by atoms with Crippen molar-refractivity contribution in [2.45, 2.75) is 386 Å². The summed E-state index contributed by atoms with van der Waals surface area (Å²) in [5.74, 6) is -4.68. The molecule has 11 rings (SSSR count). The number of amides is 5. The van der Waals surface area contributed by atoms with E-state index in [0.717, 1.165) is 34.6 Å². The SMILES string of the molecule is CC(=O)N[C@@H]1[C@H](O[C@@H]2[C@@H](O[C@@H]3[C@H](O)[C@H](O[C@H]4[C@H](O)[C@@H](NC(C)=O)[C@H](O[C@H]5[C@H](O)[C@@H](NC(C)=O)[C@H](O)O[C@@H]5CO[C@@H]5O[C@@H](C)[C@@H](O)[C@@H](O)[C@@H]5O)O[C@@H]4CO)O[C@H](CO[C@H]4O[C@H](CO)[C@@H](O)[C@H](O)[C@@H]4O[C@@H]4O[C@H](CO)[C@@H](O[C@@H]5O[C@H](CO)[C@H](O)[C@H](O[C@@H]6O[C@@H](C)[C@@H](O)[C@@H](O)[C@@H]6O)[C@H]5O)[C@H](O)[C@H]4NC(C)=O)[C@H]3O)O[C@H](CO)[C@@H](O)[C@@H]2O)O[C@H](CO)[C@@H](O[C@@H]2O[C@H](CO)[C@H](O)[C@H](O)[C@H]2NC(C)=O)[C@@H]1O. The van der Waals surface area contributed by atoms with E-state index in [0.29, 0.717) is 0 Å². The minimum absolute atomic E-state index is 0.831. The number of carbonyl (C=O) groups is 5. The van der Waals surface area contributed by atoms with Crippen LogP contribution in [0.5, 0.6) is 0 Å². The van der Waals surface area contributed by atoms with Crippen LogP contribution in [0.4, 0.5) is 0 Å². The van der Waals surface area contributed by atoms with Crippen molar-refractivity contribution in [1.29, 1.82) is 0 Å².